The second kappa shape index (κ2) is 2.71. The van der Waals surface area contributed by atoms with Gasteiger partial charge < -0.3 is 19.3 Å². The van der Waals surface area contributed by atoms with Crippen molar-refractivity contribution in [1.82, 2.24) is 0 Å². The number of aliphatic hydroxyl groups excluding tert-OH is 1. The quantitative estimate of drug-likeness (QED) is 0.562. The fourth-order valence-electron chi connectivity index (χ4n) is 1.57. The summed E-state index contributed by atoms with van der Waals surface area (Å²) in [6, 6.07) is 0. The molecule has 2 saturated heterocycles. The Bertz CT molecular complexity index is 135. The van der Waals surface area contributed by atoms with Gasteiger partial charge in [-0.15, -0.1) is 0 Å². The second-order valence-corrected chi connectivity index (χ2v) is 2.94. The molecule has 0 aromatic carbocycles. The molecule has 11 heavy (non-hydrogen) atoms. The molecular weight excluding hydrogens is 148 g/mol. The Hall–Kier alpha value is -0.160. The third-order valence-electron chi connectivity index (χ3n) is 2.25. The molecule has 64 valence electrons. The fraction of sp³-hybridized carbons (Fsp3) is 1.00. The van der Waals surface area contributed by atoms with Crippen LogP contribution in [0.5, 0.6) is 0 Å². The molecule has 0 aromatic rings. The van der Waals surface area contributed by atoms with Gasteiger partial charge in [-0.1, -0.05) is 0 Å². The highest BCUT2D eigenvalue weighted by atomic mass is 16.7. The van der Waals surface area contributed by atoms with Crippen LogP contribution in [0.15, 0.2) is 0 Å². The normalized spacial score (nSPS) is 49.6. The van der Waals surface area contributed by atoms with Crippen molar-refractivity contribution in [2.24, 2.45) is 0 Å². The second-order valence-electron chi connectivity index (χ2n) is 2.94. The summed E-state index contributed by atoms with van der Waals surface area (Å²) < 4.78 is 15.6. The summed E-state index contributed by atoms with van der Waals surface area (Å²) >= 11 is 0. The zero-order valence-electron chi connectivity index (χ0n) is 6.40. The van der Waals surface area contributed by atoms with Gasteiger partial charge in [-0.25, -0.2) is 0 Å². The number of rotatable bonds is 1. The maximum absolute atomic E-state index is 9.42. The van der Waals surface area contributed by atoms with Crippen molar-refractivity contribution < 1.29 is 19.3 Å². The summed E-state index contributed by atoms with van der Waals surface area (Å²) in [6.45, 7) is 0.492. The number of hydrogen-bond donors (Lipinski definition) is 1. The Kier molecular flexibility index (Phi) is 1.85. The highest BCUT2D eigenvalue weighted by molar-refractivity contribution is 4.89. The van der Waals surface area contributed by atoms with Crippen LogP contribution in [0.2, 0.25) is 0 Å². The van der Waals surface area contributed by atoms with Crippen LogP contribution in [0.4, 0.5) is 0 Å². The SMILES string of the molecule is CO[C@@H]1C[C@H]2OC[C@@H](O1)[C@@H]2O. The number of hydrogen-bond acceptors (Lipinski definition) is 4. The molecule has 0 amide bonds. The predicted molar refractivity (Wildman–Crippen MR) is 36.0 cm³/mol. The van der Waals surface area contributed by atoms with E-state index >= 15 is 0 Å². The van der Waals surface area contributed by atoms with Crippen LogP contribution >= 0.6 is 0 Å². The smallest absolute Gasteiger partial charge is 0.160 e. The van der Waals surface area contributed by atoms with Crippen LogP contribution in [0.1, 0.15) is 6.42 Å². The lowest BCUT2D eigenvalue weighted by atomic mass is 10.1. The summed E-state index contributed by atoms with van der Waals surface area (Å²) in [7, 11) is 1.60. The van der Waals surface area contributed by atoms with Gasteiger partial charge in [0.2, 0.25) is 0 Å². The molecule has 2 fully saturated rings. The summed E-state index contributed by atoms with van der Waals surface area (Å²) in [5.74, 6) is 0. The molecule has 0 unspecified atom stereocenters. The third kappa shape index (κ3) is 1.16. The van der Waals surface area contributed by atoms with E-state index in [-0.39, 0.29) is 18.5 Å². The lowest BCUT2D eigenvalue weighted by Crippen LogP contribution is -2.43. The zero-order valence-corrected chi connectivity index (χ0v) is 6.40. The van der Waals surface area contributed by atoms with E-state index in [0.717, 1.165) is 0 Å². The van der Waals surface area contributed by atoms with Gasteiger partial charge in [0, 0.05) is 13.5 Å². The molecule has 2 rings (SSSR count). The minimum atomic E-state index is -0.457. The first-order valence-electron chi connectivity index (χ1n) is 3.79. The van der Waals surface area contributed by atoms with E-state index in [0.29, 0.717) is 13.0 Å². The first-order valence-corrected chi connectivity index (χ1v) is 3.79. The molecule has 0 aromatic heterocycles. The molecule has 0 aliphatic carbocycles. The number of fused-ring (bicyclic) bond motifs is 2. The van der Waals surface area contributed by atoms with E-state index in [1.807, 2.05) is 0 Å². The first-order chi connectivity index (χ1) is 5.31. The van der Waals surface area contributed by atoms with Gasteiger partial charge in [0.1, 0.15) is 12.2 Å². The monoisotopic (exact) mass is 160 g/mol. The molecule has 2 aliphatic rings. The number of methoxy groups -OCH3 is 1. The maximum atomic E-state index is 9.42. The molecule has 0 saturated carbocycles. The zero-order chi connectivity index (χ0) is 7.84. The molecular formula is C7H12O4. The van der Waals surface area contributed by atoms with Crippen molar-refractivity contribution in [2.45, 2.75) is 31.0 Å². The van der Waals surface area contributed by atoms with Gasteiger partial charge in [-0.2, -0.15) is 0 Å². The summed E-state index contributed by atoms with van der Waals surface area (Å²) in [4.78, 5) is 0. The van der Waals surface area contributed by atoms with Crippen molar-refractivity contribution in [3.63, 3.8) is 0 Å². The van der Waals surface area contributed by atoms with Crippen LogP contribution in [0.3, 0.4) is 0 Å². The van der Waals surface area contributed by atoms with Crippen molar-refractivity contribution in [3.8, 4) is 0 Å². The Labute approximate surface area is 65.1 Å². The van der Waals surface area contributed by atoms with Gasteiger partial charge in [0.05, 0.1) is 12.7 Å². The minimum Gasteiger partial charge on any atom is -0.388 e. The highest BCUT2D eigenvalue weighted by Gasteiger charge is 2.44. The van der Waals surface area contributed by atoms with E-state index in [1.54, 1.807) is 7.11 Å². The van der Waals surface area contributed by atoms with Crippen LogP contribution in [0.25, 0.3) is 0 Å². The Morgan fingerprint density at radius 3 is 2.91 bits per heavy atom. The molecule has 1 N–H and O–H groups in total. The Balaban J connectivity index is 2.02. The van der Waals surface area contributed by atoms with Crippen molar-refractivity contribution in [1.29, 1.82) is 0 Å². The van der Waals surface area contributed by atoms with Gasteiger partial charge >= 0.3 is 0 Å². The highest BCUT2D eigenvalue weighted by Crippen LogP contribution is 2.28. The van der Waals surface area contributed by atoms with E-state index in [9.17, 15) is 5.11 Å². The molecule has 4 heteroatoms. The van der Waals surface area contributed by atoms with Gasteiger partial charge in [-0.3, -0.25) is 0 Å². The molecule has 0 radical (unpaired) electrons. The van der Waals surface area contributed by atoms with E-state index in [1.165, 1.54) is 0 Å². The first kappa shape index (κ1) is 7.49. The Morgan fingerprint density at radius 2 is 2.27 bits per heavy atom. The average Bonchev–Trinajstić information content (AvgIpc) is 2.26. The van der Waals surface area contributed by atoms with Crippen LogP contribution in [-0.4, -0.2) is 43.4 Å². The number of ether oxygens (including phenoxy) is 3. The Morgan fingerprint density at radius 1 is 1.45 bits per heavy atom. The third-order valence-corrected chi connectivity index (χ3v) is 2.25. The number of aliphatic hydroxyl groups is 1. The molecule has 4 atom stereocenters. The largest absolute Gasteiger partial charge is 0.388 e. The standard InChI is InChI=1S/C7H12O4/c1-9-6-2-4-7(8)5(11-6)3-10-4/h4-8H,2-3H2,1H3/t4-,5-,6+,7-/m1/s1. The van der Waals surface area contributed by atoms with Gasteiger partial charge in [0.25, 0.3) is 0 Å². The van der Waals surface area contributed by atoms with Crippen molar-refractivity contribution in [3.05, 3.63) is 0 Å². The average molecular weight is 160 g/mol. The summed E-state index contributed by atoms with van der Waals surface area (Å²) in [5, 5.41) is 9.42. The maximum Gasteiger partial charge on any atom is 0.160 e. The van der Waals surface area contributed by atoms with Crippen LogP contribution in [-0.2, 0) is 14.2 Å². The fourth-order valence-corrected chi connectivity index (χ4v) is 1.57. The molecule has 2 heterocycles. The summed E-state index contributed by atoms with van der Waals surface area (Å²) in [5.41, 5.74) is 0. The molecule has 2 bridgehead atoms. The lowest BCUT2D eigenvalue weighted by Gasteiger charge is -2.29. The van der Waals surface area contributed by atoms with E-state index < -0.39 is 6.10 Å². The van der Waals surface area contributed by atoms with Crippen molar-refractivity contribution in [2.75, 3.05) is 13.7 Å². The van der Waals surface area contributed by atoms with E-state index in [4.69, 9.17) is 14.2 Å². The minimum absolute atomic E-state index is 0.0845. The predicted octanol–water partition coefficient (Wildman–Crippen LogP) is -0.493. The topological polar surface area (TPSA) is 47.9 Å². The lowest BCUT2D eigenvalue weighted by molar-refractivity contribution is -0.201. The molecule has 0 spiro atoms. The van der Waals surface area contributed by atoms with Crippen molar-refractivity contribution >= 4 is 0 Å². The van der Waals surface area contributed by atoms with Crippen LogP contribution < -0.4 is 0 Å². The van der Waals surface area contributed by atoms with Crippen LogP contribution in [0, 0.1) is 0 Å². The van der Waals surface area contributed by atoms with Gasteiger partial charge in [-0.05, 0) is 0 Å². The van der Waals surface area contributed by atoms with Gasteiger partial charge in [0.15, 0.2) is 6.29 Å². The summed E-state index contributed by atoms with van der Waals surface area (Å²) in [6.07, 6.45) is -0.288. The molecule has 4 nitrogen and oxygen atoms in total. The van der Waals surface area contributed by atoms with E-state index in [2.05, 4.69) is 0 Å². The molecule has 2 aliphatic heterocycles.